The highest BCUT2D eigenvalue weighted by Crippen LogP contribution is 2.21. The van der Waals surface area contributed by atoms with Gasteiger partial charge in [0.15, 0.2) is 0 Å². The first-order valence-corrected chi connectivity index (χ1v) is 9.94. The van der Waals surface area contributed by atoms with Crippen molar-refractivity contribution in [3.05, 3.63) is 65.0 Å². The zero-order valence-electron chi connectivity index (χ0n) is 17.1. The molecule has 152 valence electrons. The van der Waals surface area contributed by atoms with Gasteiger partial charge in [-0.05, 0) is 43.0 Å². The summed E-state index contributed by atoms with van der Waals surface area (Å²) in [6, 6.07) is 13.8. The van der Waals surface area contributed by atoms with Gasteiger partial charge >= 0.3 is 5.97 Å². The van der Waals surface area contributed by atoms with Crippen LogP contribution in [0.15, 0.2) is 42.5 Å². The molecule has 6 nitrogen and oxygen atoms in total. The molecule has 3 rings (SSSR count). The molecule has 29 heavy (non-hydrogen) atoms. The number of carboxylic acid groups (broad SMARTS) is 1. The van der Waals surface area contributed by atoms with Crippen molar-refractivity contribution in [1.82, 2.24) is 15.1 Å². The molecule has 0 saturated heterocycles. The second-order valence-corrected chi connectivity index (χ2v) is 7.36. The number of hydrogen-bond donors (Lipinski definition) is 2. The van der Waals surface area contributed by atoms with Crippen LogP contribution in [0.5, 0.6) is 0 Å². The summed E-state index contributed by atoms with van der Waals surface area (Å²) in [5.74, 6) is -1.91. The Morgan fingerprint density at radius 2 is 1.86 bits per heavy atom. The number of aryl methyl sites for hydroxylation is 2. The van der Waals surface area contributed by atoms with Crippen LogP contribution in [0.4, 0.5) is 0 Å². The highest BCUT2D eigenvalue weighted by Gasteiger charge is 2.23. The van der Waals surface area contributed by atoms with Crippen molar-refractivity contribution >= 4 is 22.6 Å². The Morgan fingerprint density at radius 3 is 2.59 bits per heavy atom. The molecule has 0 saturated carbocycles. The van der Waals surface area contributed by atoms with Gasteiger partial charge in [0.25, 0.3) is 5.91 Å². The zero-order chi connectivity index (χ0) is 21.0. The maximum absolute atomic E-state index is 12.7. The molecular weight excluding hydrogens is 366 g/mol. The van der Waals surface area contributed by atoms with Crippen LogP contribution in [0.3, 0.4) is 0 Å². The number of amides is 1. The first-order valence-electron chi connectivity index (χ1n) is 9.94. The summed E-state index contributed by atoms with van der Waals surface area (Å²) in [6.07, 6.45) is 1.28. The second kappa shape index (κ2) is 8.90. The van der Waals surface area contributed by atoms with Crippen molar-refractivity contribution in [2.24, 2.45) is 5.92 Å². The van der Waals surface area contributed by atoms with Crippen LogP contribution in [0.25, 0.3) is 10.8 Å². The first-order chi connectivity index (χ1) is 13.9. The summed E-state index contributed by atoms with van der Waals surface area (Å²) in [6.45, 7) is 6.54. The number of aliphatic carboxylic acids is 1. The lowest BCUT2D eigenvalue weighted by atomic mass is 9.94. The van der Waals surface area contributed by atoms with Gasteiger partial charge in [0.1, 0.15) is 0 Å². The number of hydrogen-bond acceptors (Lipinski definition) is 3. The van der Waals surface area contributed by atoms with Crippen molar-refractivity contribution in [3.8, 4) is 0 Å². The smallest absolute Gasteiger partial charge is 0.308 e. The number of aromatic nitrogens is 2. The predicted octanol–water partition coefficient (Wildman–Crippen LogP) is 3.74. The van der Waals surface area contributed by atoms with Gasteiger partial charge in [-0.1, -0.05) is 49.4 Å². The van der Waals surface area contributed by atoms with Gasteiger partial charge in [-0.25, -0.2) is 0 Å². The van der Waals surface area contributed by atoms with Gasteiger partial charge in [0.2, 0.25) is 0 Å². The van der Waals surface area contributed by atoms with E-state index >= 15 is 0 Å². The third-order valence-corrected chi connectivity index (χ3v) is 5.25. The van der Waals surface area contributed by atoms with E-state index in [1.54, 1.807) is 6.92 Å². The van der Waals surface area contributed by atoms with Crippen molar-refractivity contribution in [1.29, 1.82) is 0 Å². The van der Waals surface area contributed by atoms with Gasteiger partial charge in [-0.2, -0.15) is 5.10 Å². The lowest BCUT2D eigenvalue weighted by Crippen LogP contribution is -2.34. The topological polar surface area (TPSA) is 84.2 Å². The molecule has 1 aromatic heterocycles. The van der Waals surface area contributed by atoms with Gasteiger partial charge in [-0.3, -0.25) is 14.3 Å². The Kier molecular flexibility index (Phi) is 6.32. The molecule has 2 N–H and O–H groups in total. The summed E-state index contributed by atoms with van der Waals surface area (Å²) in [5, 5.41) is 19.1. The SMILES string of the molecule is CCCn1nc(C)c(C(=O)NCC(Cc2cccc3ccccc23)C(=O)O)c1C. The maximum atomic E-state index is 12.7. The number of rotatable bonds is 8. The van der Waals surface area contributed by atoms with E-state index < -0.39 is 11.9 Å². The summed E-state index contributed by atoms with van der Waals surface area (Å²) in [7, 11) is 0. The number of nitrogens with one attached hydrogen (secondary N) is 1. The van der Waals surface area contributed by atoms with Crippen molar-refractivity contribution < 1.29 is 14.7 Å². The van der Waals surface area contributed by atoms with E-state index in [0.29, 0.717) is 17.7 Å². The molecule has 1 unspecified atom stereocenters. The molecule has 1 heterocycles. The van der Waals surface area contributed by atoms with Gasteiger partial charge in [-0.15, -0.1) is 0 Å². The molecule has 6 heteroatoms. The van der Waals surface area contributed by atoms with E-state index in [0.717, 1.165) is 35.0 Å². The normalized spacial score (nSPS) is 12.1. The molecule has 0 aliphatic rings. The van der Waals surface area contributed by atoms with E-state index in [1.165, 1.54) is 0 Å². The van der Waals surface area contributed by atoms with Crippen LogP contribution in [0, 0.1) is 19.8 Å². The van der Waals surface area contributed by atoms with Crippen LogP contribution in [-0.4, -0.2) is 33.3 Å². The molecule has 0 spiro atoms. The maximum Gasteiger partial charge on any atom is 0.308 e. The number of carbonyl (C=O) groups is 2. The molecule has 0 bridgehead atoms. The third kappa shape index (κ3) is 4.47. The van der Waals surface area contributed by atoms with Gasteiger partial charge in [0.05, 0.1) is 17.2 Å². The molecule has 0 aliphatic carbocycles. The number of fused-ring (bicyclic) bond motifs is 1. The lowest BCUT2D eigenvalue weighted by molar-refractivity contribution is -0.141. The molecule has 0 aliphatic heterocycles. The second-order valence-electron chi connectivity index (χ2n) is 7.36. The zero-order valence-corrected chi connectivity index (χ0v) is 17.1. The monoisotopic (exact) mass is 393 g/mol. The molecule has 0 fully saturated rings. The first kappa shape index (κ1) is 20.6. The summed E-state index contributed by atoms with van der Waals surface area (Å²) >= 11 is 0. The Bertz CT molecular complexity index is 1030. The fourth-order valence-electron chi connectivity index (χ4n) is 3.74. The van der Waals surface area contributed by atoms with Crippen LogP contribution < -0.4 is 5.32 Å². The summed E-state index contributed by atoms with van der Waals surface area (Å²) in [4.78, 5) is 24.6. The van der Waals surface area contributed by atoms with Crippen LogP contribution in [-0.2, 0) is 17.8 Å². The van der Waals surface area contributed by atoms with Crippen LogP contribution in [0.1, 0.15) is 40.7 Å². The van der Waals surface area contributed by atoms with E-state index in [9.17, 15) is 14.7 Å². The number of benzene rings is 2. The highest BCUT2D eigenvalue weighted by atomic mass is 16.4. The average molecular weight is 393 g/mol. The largest absolute Gasteiger partial charge is 0.481 e. The van der Waals surface area contributed by atoms with Crippen molar-refractivity contribution in [2.45, 2.75) is 40.2 Å². The van der Waals surface area contributed by atoms with E-state index in [1.807, 2.05) is 54.1 Å². The highest BCUT2D eigenvalue weighted by molar-refractivity contribution is 5.96. The molecule has 2 aromatic carbocycles. The predicted molar refractivity (Wildman–Crippen MR) is 113 cm³/mol. The summed E-state index contributed by atoms with van der Waals surface area (Å²) in [5.41, 5.74) is 2.97. The number of carboxylic acids is 1. The third-order valence-electron chi connectivity index (χ3n) is 5.25. The minimum atomic E-state index is -0.923. The fraction of sp³-hybridized carbons (Fsp3) is 0.348. The minimum Gasteiger partial charge on any atom is -0.481 e. The Morgan fingerprint density at radius 1 is 1.14 bits per heavy atom. The molecular formula is C23H27N3O3. The van der Waals surface area contributed by atoms with Crippen LogP contribution in [0.2, 0.25) is 0 Å². The fourth-order valence-corrected chi connectivity index (χ4v) is 3.74. The number of carbonyl (C=O) groups excluding carboxylic acids is 1. The van der Waals surface area contributed by atoms with Gasteiger partial charge in [0, 0.05) is 18.8 Å². The Labute approximate surface area is 170 Å². The minimum absolute atomic E-state index is 0.0647. The lowest BCUT2D eigenvalue weighted by Gasteiger charge is -2.15. The van der Waals surface area contributed by atoms with Gasteiger partial charge < -0.3 is 10.4 Å². The summed E-state index contributed by atoms with van der Waals surface area (Å²) < 4.78 is 1.83. The Balaban J connectivity index is 1.75. The Hall–Kier alpha value is -3.15. The van der Waals surface area contributed by atoms with Crippen molar-refractivity contribution in [2.75, 3.05) is 6.54 Å². The van der Waals surface area contributed by atoms with E-state index in [-0.39, 0.29) is 12.5 Å². The van der Waals surface area contributed by atoms with Crippen LogP contribution >= 0.6 is 0 Å². The quantitative estimate of drug-likeness (QED) is 0.611. The average Bonchev–Trinajstić information content (AvgIpc) is 2.98. The molecule has 1 amide bonds. The standard InChI is InChI=1S/C23H27N3O3/c1-4-12-26-16(3)21(15(2)25-26)22(27)24-14-19(23(28)29)13-18-10-7-9-17-8-5-6-11-20(17)18/h5-11,19H,4,12-14H2,1-3H3,(H,24,27)(H,28,29). The van der Waals surface area contributed by atoms with E-state index in [2.05, 4.69) is 17.3 Å². The van der Waals surface area contributed by atoms with E-state index in [4.69, 9.17) is 0 Å². The number of nitrogens with zero attached hydrogens (tertiary/aromatic N) is 2. The van der Waals surface area contributed by atoms with Crippen molar-refractivity contribution in [3.63, 3.8) is 0 Å². The molecule has 0 radical (unpaired) electrons. The molecule has 3 aromatic rings. The molecule has 1 atom stereocenters.